The molecule has 0 fully saturated rings. The van der Waals surface area contributed by atoms with Crippen LogP contribution in [0, 0.1) is 0 Å². The van der Waals surface area contributed by atoms with Gasteiger partial charge in [0, 0.05) is 6.04 Å². The van der Waals surface area contributed by atoms with Gasteiger partial charge in [-0.05, 0) is 32.9 Å². The van der Waals surface area contributed by atoms with Crippen molar-refractivity contribution in [2.75, 3.05) is 13.7 Å². The average molecular weight is 288 g/mol. The Labute approximate surface area is 124 Å². The summed E-state index contributed by atoms with van der Waals surface area (Å²) in [5.74, 6) is 0.894. The van der Waals surface area contributed by atoms with Gasteiger partial charge in [-0.25, -0.2) is 0 Å². The number of rotatable bonds is 6. The largest absolute Gasteiger partial charge is 0.493 e. The lowest BCUT2D eigenvalue weighted by Crippen LogP contribution is -2.15. The lowest BCUT2D eigenvalue weighted by atomic mass is 10.1. The molecule has 2 rings (SSSR count). The molecule has 0 spiro atoms. The molecule has 0 aliphatic heterocycles. The molecular weight excluding hydrogens is 268 g/mol. The van der Waals surface area contributed by atoms with E-state index < -0.39 is 0 Å². The molecule has 0 amide bonds. The van der Waals surface area contributed by atoms with Crippen molar-refractivity contribution < 1.29 is 14.3 Å². The van der Waals surface area contributed by atoms with E-state index in [1.54, 1.807) is 23.0 Å². The molecule has 112 valence electrons. The molecule has 0 saturated heterocycles. The van der Waals surface area contributed by atoms with E-state index in [-0.39, 0.29) is 11.8 Å². The molecule has 0 radical (unpaired) electrons. The molecule has 0 bridgehead atoms. The number of ether oxygens (including phenoxy) is 2. The van der Waals surface area contributed by atoms with Gasteiger partial charge in [-0.2, -0.15) is 5.10 Å². The van der Waals surface area contributed by atoms with Gasteiger partial charge in [0.1, 0.15) is 5.75 Å². The fraction of sp³-hybridized carbons (Fsp3) is 0.375. The number of ketones is 1. The first-order valence-corrected chi connectivity index (χ1v) is 6.98. The van der Waals surface area contributed by atoms with Crippen molar-refractivity contribution in [1.29, 1.82) is 0 Å². The van der Waals surface area contributed by atoms with Gasteiger partial charge in [-0.1, -0.05) is 12.1 Å². The molecule has 2 aromatic rings. The van der Waals surface area contributed by atoms with Gasteiger partial charge in [-0.15, -0.1) is 0 Å². The van der Waals surface area contributed by atoms with Crippen molar-refractivity contribution in [2.45, 2.75) is 26.8 Å². The zero-order valence-electron chi connectivity index (χ0n) is 12.8. The second-order valence-corrected chi connectivity index (χ2v) is 4.86. The van der Waals surface area contributed by atoms with Crippen molar-refractivity contribution in [2.24, 2.45) is 0 Å². The highest BCUT2D eigenvalue weighted by molar-refractivity contribution is 6.11. The lowest BCUT2D eigenvalue weighted by molar-refractivity contribution is 0.102. The highest BCUT2D eigenvalue weighted by atomic mass is 16.5. The molecule has 1 aromatic carbocycles. The fourth-order valence-corrected chi connectivity index (χ4v) is 2.17. The van der Waals surface area contributed by atoms with E-state index >= 15 is 0 Å². The summed E-state index contributed by atoms with van der Waals surface area (Å²) in [5.41, 5.74) is 0.958. The minimum atomic E-state index is -0.151. The van der Waals surface area contributed by atoms with Gasteiger partial charge >= 0.3 is 0 Å². The molecule has 1 aromatic heterocycles. The van der Waals surface area contributed by atoms with E-state index in [1.807, 2.05) is 32.9 Å². The normalized spacial score (nSPS) is 10.7. The number of nitrogens with zero attached hydrogens (tertiary/aromatic N) is 2. The summed E-state index contributed by atoms with van der Waals surface area (Å²) >= 11 is 0. The van der Waals surface area contributed by atoms with Gasteiger partial charge in [0.2, 0.25) is 5.78 Å². The third-order valence-electron chi connectivity index (χ3n) is 3.12. The topological polar surface area (TPSA) is 53.4 Å². The molecule has 21 heavy (non-hydrogen) atoms. The van der Waals surface area contributed by atoms with Crippen molar-refractivity contribution in [3.63, 3.8) is 0 Å². The van der Waals surface area contributed by atoms with Crippen LogP contribution in [0.2, 0.25) is 0 Å². The second kappa shape index (κ2) is 6.43. The van der Waals surface area contributed by atoms with E-state index in [9.17, 15) is 4.79 Å². The number of carbonyl (C=O) groups is 1. The first kappa shape index (κ1) is 15.1. The first-order chi connectivity index (χ1) is 10.1. The Balaban J connectivity index is 2.52. The van der Waals surface area contributed by atoms with Gasteiger partial charge in [0.15, 0.2) is 11.4 Å². The Morgan fingerprint density at radius 2 is 2.00 bits per heavy atom. The summed E-state index contributed by atoms with van der Waals surface area (Å²) in [6, 6.07) is 7.27. The molecule has 0 N–H and O–H groups in total. The quantitative estimate of drug-likeness (QED) is 0.766. The number of benzene rings is 1. The van der Waals surface area contributed by atoms with Crippen LogP contribution in [-0.2, 0) is 0 Å². The van der Waals surface area contributed by atoms with Crippen LogP contribution in [0.1, 0.15) is 42.9 Å². The van der Waals surface area contributed by atoms with Crippen LogP contribution in [0.25, 0.3) is 0 Å². The third kappa shape index (κ3) is 2.91. The molecule has 0 aliphatic carbocycles. The Kier molecular flexibility index (Phi) is 4.62. The van der Waals surface area contributed by atoms with Crippen LogP contribution >= 0.6 is 0 Å². The summed E-state index contributed by atoms with van der Waals surface area (Å²) in [6.45, 7) is 6.33. The predicted molar refractivity (Wildman–Crippen MR) is 80.2 cm³/mol. The Morgan fingerprint density at radius 3 is 2.62 bits per heavy atom. The highest BCUT2D eigenvalue weighted by Crippen LogP contribution is 2.28. The summed E-state index contributed by atoms with van der Waals surface area (Å²) in [5, 5.41) is 4.24. The smallest absolute Gasteiger partial charge is 0.218 e. The molecule has 0 unspecified atom stereocenters. The summed E-state index contributed by atoms with van der Waals surface area (Å²) in [6.07, 6.45) is 1.57. The third-order valence-corrected chi connectivity index (χ3v) is 3.12. The zero-order chi connectivity index (χ0) is 15.4. The number of carbonyl (C=O) groups excluding carboxylic acids is 1. The minimum Gasteiger partial charge on any atom is -0.493 e. The van der Waals surface area contributed by atoms with E-state index in [0.29, 0.717) is 29.4 Å². The van der Waals surface area contributed by atoms with Crippen molar-refractivity contribution >= 4 is 5.78 Å². The van der Waals surface area contributed by atoms with Gasteiger partial charge in [-0.3, -0.25) is 9.48 Å². The SMILES string of the molecule is CCOc1ccccc1C(=O)c1c(OC)cnn1C(C)C. The van der Waals surface area contributed by atoms with Crippen LogP contribution < -0.4 is 9.47 Å². The average Bonchev–Trinajstić information content (AvgIpc) is 2.91. The summed E-state index contributed by atoms with van der Waals surface area (Å²) < 4.78 is 12.5. The fourth-order valence-electron chi connectivity index (χ4n) is 2.17. The van der Waals surface area contributed by atoms with E-state index in [1.165, 1.54) is 7.11 Å². The van der Waals surface area contributed by atoms with Crippen LogP contribution in [-0.4, -0.2) is 29.3 Å². The van der Waals surface area contributed by atoms with Crippen LogP contribution in [0.5, 0.6) is 11.5 Å². The second-order valence-electron chi connectivity index (χ2n) is 4.86. The predicted octanol–water partition coefficient (Wildman–Crippen LogP) is 3.10. The molecule has 0 saturated carbocycles. The van der Waals surface area contributed by atoms with E-state index in [0.717, 1.165) is 0 Å². The van der Waals surface area contributed by atoms with Gasteiger partial charge in [0.25, 0.3) is 0 Å². The Bertz CT molecular complexity index is 632. The molecular formula is C16H20N2O3. The number of hydrogen-bond acceptors (Lipinski definition) is 4. The van der Waals surface area contributed by atoms with Crippen molar-refractivity contribution in [1.82, 2.24) is 9.78 Å². The van der Waals surface area contributed by atoms with Crippen LogP contribution in [0.3, 0.4) is 0 Å². The first-order valence-electron chi connectivity index (χ1n) is 6.98. The summed E-state index contributed by atoms with van der Waals surface area (Å²) in [4.78, 5) is 12.9. The standard InChI is InChI=1S/C16H20N2O3/c1-5-21-13-9-7-6-8-12(13)16(19)15-14(20-4)10-17-18(15)11(2)3/h6-11H,5H2,1-4H3. The molecule has 5 heteroatoms. The van der Waals surface area contributed by atoms with E-state index in [2.05, 4.69) is 5.10 Å². The minimum absolute atomic E-state index is 0.0621. The number of para-hydroxylation sites is 1. The van der Waals surface area contributed by atoms with Crippen LogP contribution in [0.15, 0.2) is 30.5 Å². The van der Waals surface area contributed by atoms with Gasteiger partial charge in [0.05, 0.1) is 25.5 Å². The molecule has 1 heterocycles. The summed E-state index contributed by atoms with van der Waals surface area (Å²) in [7, 11) is 1.53. The van der Waals surface area contributed by atoms with Crippen molar-refractivity contribution in [3.05, 3.63) is 41.7 Å². The lowest BCUT2D eigenvalue weighted by Gasteiger charge is -2.13. The number of aromatic nitrogens is 2. The molecule has 0 atom stereocenters. The monoisotopic (exact) mass is 288 g/mol. The maximum Gasteiger partial charge on any atom is 0.218 e. The van der Waals surface area contributed by atoms with Crippen LogP contribution in [0.4, 0.5) is 0 Å². The Hall–Kier alpha value is -2.30. The number of hydrogen-bond donors (Lipinski definition) is 0. The highest BCUT2D eigenvalue weighted by Gasteiger charge is 2.24. The number of methoxy groups -OCH3 is 1. The van der Waals surface area contributed by atoms with Crippen molar-refractivity contribution in [3.8, 4) is 11.5 Å². The van der Waals surface area contributed by atoms with Gasteiger partial charge < -0.3 is 9.47 Å². The Morgan fingerprint density at radius 1 is 1.29 bits per heavy atom. The maximum atomic E-state index is 12.9. The maximum absolute atomic E-state index is 12.9. The molecule has 0 aliphatic rings. The molecule has 5 nitrogen and oxygen atoms in total. The van der Waals surface area contributed by atoms with E-state index in [4.69, 9.17) is 9.47 Å². The zero-order valence-corrected chi connectivity index (χ0v) is 12.8.